The van der Waals surface area contributed by atoms with Crippen molar-refractivity contribution < 1.29 is 14.0 Å². The number of carbonyl (C=O) groups is 2. The summed E-state index contributed by atoms with van der Waals surface area (Å²) in [5.74, 6) is -1.68. The number of para-hydroxylation sites is 1. The number of carbonyl (C=O) groups excluding carboxylic acids is 2. The van der Waals surface area contributed by atoms with E-state index in [2.05, 4.69) is 10.6 Å². The zero-order chi connectivity index (χ0) is 17.9. The van der Waals surface area contributed by atoms with Crippen LogP contribution in [0.4, 0.5) is 15.8 Å². The molecule has 2 N–H and O–H groups in total. The third-order valence-electron chi connectivity index (χ3n) is 3.77. The van der Waals surface area contributed by atoms with Gasteiger partial charge in [0.1, 0.15) is 11.2 Å². The zero-order valence-electron chi connectivity index (χ0n) is 13.6. The van der Waals surface area contributed by atoms with E-state index >= 15 is 0 Å². The van der Waals surface area contributed by atoms with Gasteiger partial charge in [-0.25, -0.2) is 4.39 Å². The van der Waals surface area contributed by atoms with E-state index in [9.17, 15) is 14.0 Å². The Morgan fingerprint density at radius 2 is 1.50 bits per heavy atom. The normalized spacial score (nSPS) is 11.0. The number of anilines is 2. The fourth-order valence-corrected chi connectivity index (χ4v) is 2.14. The Labute approximate surface area is 145 Å². The predicted molar refractivity (Wildman–Crippen MR) is 93.6 cm³/mol. The number of benzene rings is 2. The molecule has 0 atom stereocenters. The summed E-state index contributed by atoms with van der Waals surface area (Å²) in [5, 5.41) is 5.65. The molecular weight excluding hydrogens is 331 g/mol. The van der Waals surface area contributed by atoms with Crippen molar-refractivity contribution in [2.45, 2.75) is 20.8 Å². The Morgan fingerprint density at radius 3 is 2.12 bits per heavy atom. The van der Waals surface area contributed by atoms with E-state index < -0.39 is 23.0 Å². The van der Waals surface area contributed by atoms with Gasteiger partial charge in [0, 0.05) is 10.7 Å². The molecule has 0 heterocycles. The molecule has 0 aliphatic heterocycles. The monoisotopic (exact) mass is 348 g/mol. The van der Waals surface area contributed by atoms with Crippen LogP contribution in [0.1, 0.15) is 19.4 Å². The third kappa shape index (κ3) is 3.74. The maximum absolute atomic E-state index is 13.7. The fraction of sp³-hybridized carbons (Fsp3) is 0.222. The summed E-state index contributed by atoms with van der Waals surface area (Å²) in [6, 6.07) is 10.9. The van der Waals surface area contributed by atoms with Crippen molar-refractivity contribution in [3.8, 4) is 0 Å². The minimum absolute atomic E-state index is 0.0299. The van der Waals surface area contributed by atoms with Gasteiger partial charge in [0.15, 0.2) is 0 Å². The Bertz CT molecular complexity index is 790. The molecule has 6 heteroatoms. The zero-order valence-corrected chi connectivity index (χ0v) is 14.4. The highest BCUT2D eigenvalue weighted by Crippen LogP contribution is 2.26. The first-order valence-corrected chi connectivity index (χ1v) is 7.74. The average Bonchev–Trinajstić information content (AvgIpc) is 2.53. The van der Waals surface area contributed by atoms with E-state index in [0.29, 0.717) is 16.3 Å². The summed E-state index contributed by atoms with van der Waals surface area (Å²) < 4.78 is 13.7. The Kier molecular flexibility index (Phi) is 5.24. The molecule has 0 saturated heterocycles. The minimum Gasteiger partial charge on any atom is -0.325 e. The lowest BCUT2D eigenvalue weighted by molar-refractivity contribution is -0.135. The molecule has 126 valence electrons. The van der Waals surface area contributed by atoms with Gasteiger partial charge in [-0.3, -0.25) is 9.59 Å². The molecule has 24 heavy (non-hydrogen) atoms. The quantitative estimate of drug-likeness (QED) is 0.805. The Balaban J connectivity index is 2.16. The number of halogens is 2. The van der Waals surface area contributed by atoms with Gasteiger partial charge >= 0.3 is 0 Å². The van der Waals surface area contributed by atoms with Crippen LogP contribution >= 0.6 is 11.6 Å². The lowest BCUT2D eigenvalue weighted by Gasteiger charge is -2.23. The van der Waals surface area contributed by atoms with Gasteiger partial charge in [0.05, 0.1) is 5.69 Å². The minimum atomic E-state index is -1.41. The highest BCUT2D eigenvalue weighted by molar-refractivity contribution is 6.31. The summed E-state index contributed by atoms with van der Waals surface area (Å²) in [6.45, 7) is 4.71. The van der Waals surface area contributed by atoms with Crippen molar-refractivity contribution >= 4 is 34.8 Å². The van der Waals surface area contributed by atoms with Crippen LogP contribution in [0.25, 0.3) is 0 Å². The van der Waals surface area contributed by atoms with Crippen LogP contribution in [-0.4, -0.2) is 11.8 Å². The molecule has 0 fully saturated rings. The molecule has 2 rings (SSSR count). The van der Waals surface area contributed by atoms with Crippen molar-refractivity contribution in [3.05, 3.63) is 58.9 Å². The van der Waals surface area contributed by atoms with Gasteiger partial charge in [-0.15, -0.1) is 0 Å². The van der Waals surface area contributed by atoms with Crippen LogP contribution in [0.5, 0.6) is 0 Å². The lowest BCUT2D eigenvalue weighted by Crippen LogP contribution is -2.41. The molecule has 4 nitrogen and oxygen atoms in total. The molecule has 2 amide bonds. The van der Waals surface area contributed by atoms with Gasteiger partial charge in [-0.2, -0.15) is 0 Å². The largest absolute Gasteiger partial charge is 0.325 e. The lowest BCUT2D eigenvalue weighted by atomic mass is 9.90. The third-order valence-corrected chi connectivity index (χ3v) is 4.18. The van der Waals surface area contributed by atoms with Crippen molar-refractivity contribution in [2.24, 2.45) is 5.41 Å². The molecule has 0 bridgehead atoms. The second kappa shape index (κ2) is 7.01. The number of rotatable bonds is 4. The summed E-state index contributed by atoms with van der Waals surface area (Å²) in [4.78, 5) is 24.9. The molecule has 2 aromatic rings. The molecule has 0 aliphatic rings. The summed E-state index contributed by atoms with van der Waals surface area (Å²) in [7, 11) is 0. The molecule has 0 spiro atoms. The Morgan fingerprint density at radius 1 is 0.958 bits per heavy atom. The van der Waals surface area contributed by atoms with Crippen LogP contribution in [0, 0.1) is 18.2 Å². The predicted octanol–water partition coefficient (Wildman–Crippen LogP) is 4.39. The van der Waals surface area contributed by atoms with E-state index in [0.717, 1.165) is 0 Å². The molecule has 2 aromatic carbocycles. The summed E-state index contributed by atoms with van der Waals surface area (Å²) in [6.07, 6.45) is 0. The van der Waals surface area contributed by atoms with E-state index in [1.165, 1.54) is 32.0 Å². The summed E-state index contributed by atoms with van der Waals surface area (Å²) >= 11 is 6.03. The number of hydrogen-bond acceptors (Lipinski definition) is 2. The number of hydrogen-bond donors (Lipinski definition) is 2. The first kappa shape index (κ1) is 17.9. The SMILES string of the molecule is Cc1c(Cl)cccc1NC(=O)C(C)(C)C(=O)Nc1ccccc1F. The van der Waals surface area contributed by atoms with E-state index in [1.807, 2.05) is 0 Å². The summed E-state index contributed by atoms with van der Waals surface area (Å²) in [5.41, 5.74) is -0.142. The van der Waals surface area contributed by atoms with Crippen LogP contribution in [-0.2, 0) is 9.59 Å². The van der Waals surface area contributed by atoms with Gasteiger partial charge in [-0.1, -0.05) is 29.8 Å². The van der Waals surface area contributed by atoms with Gasteiger partial charge in [-0.05, 0) is 50.6 Å². The van der Waals surface area contributed by atoms with Crippen molar-refractivity contribution in [3.63, 3.8) is 0 Å². The standard InChI is InChI=1S/C18H18ClFN2O2/c1-11-12(19)7-6-10-14(11)21-16(23)18(2,3)17(24)22-15-9-5-4-8-13(15)20/h4-10H,1-3H3,(H,21,23)(H,22,24). The maximum atomic E-state index is 13.7. The first-order chi connectivity index (χ1) is 11.2. The maximum Gasteiger partial charge on any atom is 0.239 e. The second-order valence-corrected chi connectivity index (χ2v) is 6.33. The molecule has 0 radical (unpaired) electrons. The first-order valence-electron chi connectivity index (χ1n) is 7.36. The van der Waals surface area contributed by atoms with Crippen molar-refractivity contribution in [1.29, 1.82) is 0 Å². The number of amides is 2. The topological polar surface area (TPSA) is 58.2 Å². The Hall–Kier alpha value is -2.40. The van der Waals surface area contributed by atoms with E-state index in [1.54, 1.807) is 31.2 Å². The fourth-order valence-electron chi connectivity index (χ4n) is 1.97. The van der Waals surface area contributed by atoms with Crippen molar-refractivity contribution in [2.75, 3.05) is 10.6 Å². The second-order valence-electron chi connectivity index (χ2n) is 5.93. The molecule has 0 saturated carbocycles. The van der Waals surface area contributed by atoms with Crippen molar-refractivity contribution in [1.82, 2.24) is 0 Å². The van der Waals surface area contributed by atoms with Gasteiger partial charge < -0.3 is 10.6 Å². The van der Waals surface area contributed by atoms with Gasteiger partial charge in [0.25, 0.3) is 0 Å². The van der Waals surface area contributed by atoms with E-state index in [-0.39, 0.29) is 5.69 Å². The molecular formula is C18H18ClFN2O2. The molecule has 0 unspecified atom stereocenters. The molecule has 0 aliphatic carbocycles. The van der Waals surface area contributed by atoms with Crippen LogP contribution < -0.4 is 10.6 Å². The smallest absolute Gasteiger partial charge is 0.239 e. The highest BCUT2D eigenvalue weighted by atomic mass is 35.5. The van der Waals surface area contributed by atoms with E-state index in [4.69, 9.17) is 11.6 Å². The van der Waals surface area contributed by atoms with Crippen LogP contribution in [0.15, 0.2) is 42.5 Å². The number of nitrogens with one attached hydrogen (secondary N) is 2. The van der Waals surface area contributed by atoms with Crippen LogP contribution in [0.2, 0.25) is 5.02 Å². The van der Waals surface area contributed by atoms with Crippen LogP contribution in [0.3, 0.4) is 0 Å². The average molecular weight is 349 g/mol. The van der Waals surface area contributed by atoms with Gasteiger partial charge in [0.2, 0.25) is 11.8 Å². The molecule has 0 aromatic heterocycles. The highest BCUT2D eigenvalue weighted by Gasteiger charge is 2.36.